The number of hydrogen-bond acceptors (Lipinski definition) is 5. The standard InChI is InChI=1S/C7H9F3N4O/c8-7(9,10)15-5-3(2-11)1-4(12)14-6(5)13/h1H,2,11H2,(H4,12,13,14). The normalized spacial score (nSPS) is 11.5. The lowest BCUT2D eigenvalue weighted by Crippen LogP contribution is -2.20. The van der Waals surface area contributed by atoms with Gasteiger partial charge in [-0.1, -0.05) is 0 Å². The van der Waals surface area contributed by atoms with Gasteiger partial charge in [0.2, 0.25) is 0 Å². The van der Waals surface area contributed by atoms with E-state index in [0.717, 1.165) is 0 Å². The van der Waals surface area contributed by atoms with E-state index in [9.17, 15) is 13.2 Å². The molecule has 0 fully saturated rings. The lowest BCUT2D eigenvalue weighted by atomic mass is 10.2. The Bertz CT molecular complexity index is 366. The van der Waals surface area contributed by atoms with E-state index in [1.165, 1.54) is 6.07 Å². The molecule has 1 rings (SSSR count). The summed E-state index contributed by atoms with van der Waals surface area (Å²) in [5.41, 5.74) is 15.8. The first-order chi connectivity index (χ1) is 6.83. The van der Waals surface area contributed by atoms with Crippen molar-refractivity contribution in [3.8, 4) is 5.75 Å². The molecule has 0 amide bonds. The zero-order valence-corrected chi connectivity index (χ0v) is 7.51. The van der Waals surface area contributed by atoms with Crippen molar-refractivity contribution >= 4 is 11.6 Å². The molecule has 5 nitrogen and oxygen atoms in total. The zero-order valence-electron chi connectivity index (χ0n) is 7.51. The summed E-state index contributed by atoms with van der Waals surface area (Å²) in [6.07, 6.45) is -4.84. The van der Waals surface area contributed by atoms with Gasteiger partial charge in [-0.05, 0) is 6.07 Å². The van der Waals surface area contributed by atoms with Gasteiger partial charge in [-0.3, -0.25) is 0 Å². The summed E-state index contributed by atoms with van der Waals surface area (Å²) in [6, 6.07) is 1.18. The van der Waals surface area contributed by atoms with Crippen LogP contribution in [-0.4, -0.2) is 11.3 Å². The number of aromatic nitrogens is 1. The third-order valence-electron chi connectivity index (χ3n) is 1.53. The number of halogens is 3. The second-order valence-electron chi connectivity index (χ2n) is 2.67. The fourth-order valence-corrected chi connectivity index (χ4v) is 1.02. The minimum Gasteiger partial charge on any atom is -0.401 e. The van der Waals surface area contributed by atoms with Crippen LogP contribution in [0.15, 0.2) is 6.07 Å². The number of alkyl halides is 3. The maximum Gasteiger partial charge on any atom is 0.573 e. The summed E-state index contributed by atoms with van der Waals surface area (Å²) in [6.45, 7) is -0.178. The van der Waals surface area contributed by atoms with Gasteiger partial charge in [-0.15, -0.1) is 13.2 Å². The molecule has 0 radical (unpaired) electrons. The second-order valence-corrected chi connectivity index (χ2v) is 2.67. The molecule has 0 unspecified atom stereocenters. The van der Waals surface area contributed by atoms with E-state index in [2.05, 4.69) is 9.72 Å². The van der Waals surface area contributed by atoms with Crippen LogP contribution in [0, 0.1) is 0 Å². The first-order valence-corrected chi connectivity index (χ1v) is 3.84. The number of rotatable bonds is 2. The number of pyridine rings is 1. The Hall–Kier alpha value is -1.70. The lowest BCUT2D eigenvalue weighted by molar-refractivity contribution is -0.274. The molecule has 0 saturated heterocycles. The Morgan fingerprint density at radius 1 is 1.33 bits per heavy atom. The molecule has 8 heteroatoms. The topological polar surface area (TPSA) is 100 Å². The maximum absolute atomic E-state index is 12.0. The quantitative estimate of drug-likeness (QED) is 0.680. The molecule has 1 heterocycles. The molecular weight excluding hydrogens is 213 g/mol. The Labute approximate surface area is 83.0 Å². The predicted molar refractivity (Wildman–Crippen MR) is 47.6 cm³/mol. The smallest absolute Gasteiger partial charge is 0.401 e. The summed E-state index contributed by atoms with van der Waals surface area (Å²) < 4.78 is 39.6. The number of nitrogens with zero attached hydrogens (tertiary/aromatic N) is 1. The fraction of sp³-hybridized carbons (Fsp3) is 0.286. The van der Waals surface area contributed by atoms with Gasteiger partial charge in [0.25, 0.3) is 0 Å². The van der Waals surface area contributed by atoms with E-state index in [1.807, 2.05) is 0 Å². The molecule has 0 saturated carbocycles. The van der Waals surface area contributed by atoms with Gasteiger partial charge in [-0.25, -0.2) is 4.98 Å². The van der Waals surface area contributed by atoms with Gasteiger partial charge in [0, 0.05) is 12.1 Å². The van der Waals surface area contributed by atoms with Gasteiger partial charge < -0.3 is 21.9 Å². The van der Waals surface area contributed by atoms with Gasteiger partial charge in [0.15, 0.2) is 11.6 Å². The third-order valence-corrected chi connectivity index (χ3v) is 1.53. The third kappa shape index (κ3) is 2.88. The predicted octanol–water partition coefficient (Wildman–Crippen LogP) is 0.603. The van der Waals surface area contributed by atoms with Gasteiger partial charge in [0.05, 0.1) is 0 Å². The largest absolute Gasteiger partial charge is 0.573 e. The average molecular weight is 222 g/mol. The van der Waals surface area contributed by atoms with Crippen LogP contribution >= 0.6 is 0 Å². The van der Waals surface area contributed by atoms with Crippen LogP contribution in [0.4, 0.5) is 24.8 Å². The van der Waals surface area contributed by atoms with Gasteiger partial charge in [0.1, 0.15) is 5.82 Å². The Balaban J connectivity index is 3.15. The van der Waals surface area contributed by atoms with Crippen molar-refractivity contribution in [1.29, 1.82) is 0 Å². The monoisotopic (exact) mass is 222 g/mol. The molecule has 1 aromatic rings. The van der Waals surface area contributed by atoms with Crippen molar-refractivity contribution in [1.82, 2.24) is 4.98 Å². The molecule has 0 aliphatic carbocycles. The molecule has 15 heavy (non-hydrogen) atoms. The fourth-order valence-electron chi connectivity index (χ4n) is 1.02. The van der Waals surface area contributed by atoms with Crippen LogP contribution < -0.4 is 21.9 Å². The van der Waals surface area contributed by atoms with E-state index >= 15 is 0 Å². The molecule has 0 spiro atoms. The minimum atomic E-state index is -4.84. The molecule has 0 aromatic carbocycles. The number of nitrogen functional groups attached to an aromatic ring is 2. The zero-order chi connectivity index (χ0) is 11.6. The van der Waals surface area contributed by atoms with E-state index in [-0.39, 0.29) is 17.9 Å². The molecule has 0 bridgehead atoms. The maximum atomic E-state index is 12.0. The number of anilines is 2. The van der Waals surface area contributed by atoms with Crippen molar-refractivity contribution in [2.24, 2.45) is 5.73 Å². The highest BCUT2D eigenvalue weighted by Gasteiger charge is 2.33. The summed E-state index contributed by atoms with van der Waals surface area (Å²) in [5.74, 6) is -1.05. The van der Waals surface area contributed by atoms with Crippen molar-refractivity contribution in [3.05, 3.63) is 11.6 Å². The molecule has 84 valence electrons. The summed E-state index contributed by atoms with van der Waals surface area (Å²) in [7, 11) is 0. The molecule has 0 atom stereocenters. The van der Waals surface area contributed by atoms with Crippen LogP contribution in [0.1, 0.15) is 5.56 Å². The first-order valence-electron chi connectivity index (χ1n) is 3.84. The molecule has 0 aliphatic rings. The number of ether oxygens (including phenoxy) is 1. The van der Waals surface area contributed by atoms with Crippen LogP contribution in [0.3, 0.4) is 0 Å². The average Bonchev–Trinajstić information content (AvgIpc) is 2.07. The molecule has 6 N–H and O–H groups in total. The van der Waals surface area contributed by atoms with Crippen LogP contribution in [0.25, 0.3) is 0 Å². The Kier molecular flexibility index (Phi) is 2.89. The van der Waals surface area contributed by atoms with Crippen molar-refractivity contribution in [2.45, 2.75) is 12.9 Å². The Morgan fingerprint density at radius 3 is 2.40 bits per heavy atom. The van der Waals surface area contributed by atoms with Crippen LogP contribution in [-0.2, 0) is 6.54 Å². The first kappa shape index (κ1) is 11.4. The lowest BCUT2D eigenvalue weighted by Gasteiger charge is -2.14. The van der Waals surface area contributed by atoms with E-state index in [4.69, 9.17) is 17.2 Å². The number of nitrogens with two attached hydrogens (primary N) is 3. The SMILES string of the molecule is NCc1cc(N)nc(N)c1OC(F)(F)F. The van der Waals surface area contributed by atoms with Crippen molar-refractivity contribution in [3.63, 3.8) is 0 Å². The molecule has 1 aromatic heterocycles. The Morgan fingerprint density at radius 2 is 1.93 bits per heavy atom. The number of hydrogen-bond donors (Lipinski definition) is 3. The van der Waals surface area contributed by atoms with Crippen molar-refractivity contribution in [2.75, 3.05) is 11.5 Å². The van der Waals surface area contributed by atoms with Crippen LogP contribution in [0.2, 0.25) is 0 Å². The molecular formula is C7H9F3N4O. The highest BCUT2D eigenvalue weighted by molar-refractivity contribution is 5.56. The minimum absolute atomic E-state index is 0.0116. The van der Waals surface area contributed by atoms with E-state index < -0.39 is 17.9 Å². The van der Waals surface area contributed by atoms with E-state index in [1.54, 1.807) is 0 Å². The molecule has 0 aliphatic heterocycles. The highest BCUT2D eigenvalue weighted by Crippen LogP contribution is 2.31. The van der Waals surface area contributed by atoms with Gasteiger partial charge >= 0.3 is 6.36 Å². The second kappa shape index (κ2) is 3.81. The van der Waals surface area contributed by atoms with Gasteiger partial charge in [-0.2, -0.15) is 0 Å². The summed E-state index contributed by atoms with van der Waals surface area (Å²) in [5, 5.41) is 0. The van der Waals surface area contributed by atoms with E-state index in [0.29, 0.717) is 0 Å². The van der Waals surface area contributed by atoms with Crippen molar-refractivity contribution < 1.29 is 17.9 Å². The summed E-state index contributed by atoms with van der Waals surface area (Å²) in [4.78, 5) is 3.44. The van der Waals surface area contributed by atoms with Crippen LogP contribution in [0.5, 0.6) is 5.75 Å². The highest BCUT2D eigenvalue weighted by atomic mass is 19.4. The summed E-state index contributed by atoms with van der Waals surface area (Å²) >= 11 is 0.